The van der Waals surface area contributed by atoms with Gasteiger partial charge in [-0.25, -0.2) is 4.85 Å². The summed E-state index contributed by atoms with van der Waals surface area (Å²) in [6, 6.07) is 17.3. The molecule has 4 aromatic rings. The maximum atomic E-state index is 9.54. The Morgan fingerprint density at radius 1 is 1.11 bits per heavy atom. The van der Waals surface area contributed by atoms with Crippen molar-refractivity contribution < 1.29 is 5.11 Å². The van der Waals surface area contributed by atoms with Gasteiger partial charge in [-0.1, -0.05) is 24.3 Å². The molecule has 0 bridgehead atoms. The number of likely N-dealkylation sites (N-methyl/N-ethyl adjacent to an activating group) is 1. The van der Waals surface area contributed by atoms with Gasteiger partial charge < -0.3 is 14.6 Å². The molecule has 2 aliphatic rings. The van der Waals surface area contributed by atoms with Gasteiger partial charge in [0.15, 0.2) is 11.5 Å². The summed E-state index contributed by atoms with van der Waals surface area (Å²) in [6.07, 6.45) is 6.15. The number of rotatable bonds is 5. The average molecular weight is 494 g/mol. The van der Waals surface area contributed by atoms with E-state index in [1.54, 1.807) is 6.33 Å². The summed E-state index contributed by atoms with van der Waals surface area (Å²) in [5.74, 6) is 0.831. The van der Waals surface area contributed by atoms with E-state index in [4.69, 9.17) is 6.57 Å². The van der Waals surface area contributed by atoms with Gasteiger partial charge in [0.25, 0.3) is 0 Å². The molecule has 188 valence electrons. The van der Waals surface area contributed by atoms with E-state index in [9.17, 15) is 5.11 Å². The van der Waals surface area contributed by atoms with Crippen molar-refractivity contribution in [2.75, 3.05) is 31.6 Å². The third kappa shape index (κ3) is 4.20. The van der Waals surface area contributed by atoms with Gasteiger partial charge in [0.2, 0.25) is 0 Å². The third-order valence-electron chi connectivity index (χ3n) is 8.03. The molecule has 4 heterocycles. The summed E-state index contributed by atoms with van der Waals surface area (Å²) >= 11 is 0. The second-order valence-corrected chi connectivity index (χ2v) is 10.2. The molecule has 0 spiro atoms. The quantitative estimate of drug-likeness (QED) is 0.363. The number of nitrogens with zero attached hydrogens (tertiary/aromatic N) is 7. The van der Waals surface area contributed by atoms with Crippen LogP contribution in [0.25, 0.3) is 33.2 Å². The fraction of sp³-hybridized carbons (Fsp3) is 0.345. The predicted molar refractivity (Wildman–Crippen MR) is 145 cm³/mol. The molecular formula is C29H31N7O. The molecule has 0 saturated carbocycles. The maximum Gasteiger partial charge on any atom is 0.187 e. The van der Waals surface area contributed by atoms with E-state index in [1.165, 1.54) is 11.3 Å². The summed E-state index contributed by atoms with van der Waals surface area (Å²) in [4.78, 5) is 8.31. The van der Waals surface area contributed by atoms with E-state index in [1.807, 2.05) is 24.3 Å². The summed E-state index contributed by atoms with van der Waals surface area (Å²) in [5.41, 5.74) is 7.44. The second kappa shape index (κ2) is 9.51. The Labute approximate surface area is 217 Å². The minimum Gasteiger partial charge on any atom is -0.395 e. The van der Waals surface area contributed by atoms with Crippen LogP contribution in [-0.2, 0) is 6.54 Å². The monoisotopic (exact) mass is 493 g/mol. The molecule has 6 rings (SSSR count). The van der Waals surface area contributed by atoms with Gasteiger partial charge in [0.1, 0.15) is 6.33 Å². The summed E-state index contributed by atoms with van der Waals surface area (Å²) in [5, 5.41) is 18.2. The number of hydrogen-bond donors (Lipinski definition) is 1. The van der Waals surface area contributed by atoms with E-state index in [0.717, 1.165) is 60.8 Å². The van der Waals surface area contributed by atoms with Crippen molar-refractivity contribution >= 4 is 11.4 Å². The molecule has 0 radical (unpaired) electrons. The highest BCUT2D eigenvalue weighted by Gasteiger charge is 2.27. The van der Waals surface area contributed by atoms with Gasteiger partial charge in [-0.2, -0.15) is 0 Å². The van der Waals surface area contributed by atoms with Crippen molar-refractivity contribution in [1.82, 2.24) is 24.2 Å². The fourth-order valence-corrected chi connectivity index (χ4v) is 5.63. The lowest BCUT2D eigenvalue weighted by molar-refractivity contribution is 0.106. The second-order valence-electron chi connectivity index (χ2n) is 10.2. The lowest BCUT2D eigenvalue weighted by atomic mass is 10.0. The fourth-order valence-electron chi connectivity index (χ4n) is 5.63. The highest BCUT2D eigenvalue weighted by Crippen LogP contribution is 2.35. The molecule has 1 N–H and O–H groups in total. The van der Waals surface area contributed by atoms with Crippen LogP contribution in [0.1, 0.15) is 25.3 Å². The van der Waals surface area contributed by atoms with Crippen molar-refractivity contribution in [3.8, 4) is 28.3 Å². The minimum absolute atomic E-state index is 0.188. The van der Waals surface area contributed by atoms with Crippen LogP contribution >= 0.6 is 0 Å². The first-order valence-electron chi connectivity index (χ1n) is 12.8. The van der Waals surface area contributed by atoms with Gasteiger partial charge in [-0.15, -0.1) is 10.2 Å². The van der Waals surface area contributed by atoms with Gasteiger partial charge >= 0.3 is 0 Å². The van der Waals surface area contributed by atoms with E-state index in [-0.39, 0.29) is 12.6 Å². The standard InChI is InChI=1S/C29H31N7O/c1-20(18-37)33(3)25-10-12-34(13-11-25)26-8-9-27-23(14-26)17-35-16-22(21-4-6-24(30-2)7-5-21)15-28(35)29-32-31-19-36(27)29/h4-9,14-16,19-20,25,37H,10-13,17-18H2,1,3H3/t20-/m0/s1. The number of aliphatic hydroxyl groups is 1. The zero-order chi connectivity index (χ0) is 25.5. The highest BCUT2D eigenvalue weighted by molar-refractivity contribution is 5.73. The van der Waals surface area contributed by atoms with Crippen LogP contribution in [0.5, 0.6) is 0 Å². The van der Waals surface area contributed by atoms with Gasteiger partial charge in [-0.05, 0) is 62.2 Å². The van der Waals surface area contributed by atoms with Crippen molar-refractivity contribution in [2.24, 2.45) is 0 Å². The van der Waals surface area contributed by atoms with Gasteiger partial charge in [-0.3, -0.25) is 9.47 Å². The Kier molecular flexibility index (Phi) is 6.03. The van der Waals surface area contributed by atoms with E-state index >= 15 is 0 Å². The van der Waals surface area contributed by atoms with Crippen LogP contribution in [0.2, 0.25) is 0 Å². The van der Waals surface area contributed by atoms with Crippen molar-refractivity contribution in [1.29, 1.82) is 0 Å². The predicted octanol–water partition coefficient (Wildman–Crippen LogP) is 4.60. The SMILES string of the molecule is [C-]#[N+]c1ccc(-c2cc3n(c2)Cc2cc(N4CCC(N(C)[C@@H](C)CO)CC4)ccc2-n2cnnc2-3)cc1. The van der Waals surface area contributed by atoms with Crippen molar-refractivity contribution in [2.45, 2.75) is 38.4 Å². The van der Waals surface area contributed by atoms with Crippen LogP contribution in [-0.4, -0.2) is 68.2 Å². The molecule has 8 nitrogen and oxygen atoms in total. The minimum atomic E-state index is 0.188. The third-order valence-corrected chi connectivity index (χ3v) is 8.03. The molecule has 0 aliphatic carbocycles. The number of aromatic nitrogens is 4. The number of aliphatic hydroxyl groups excluding tert-OH is 1. The normalized spacial score (nSPS) is 16.0. The molecule has 8 heteroatoms. The Morgan fingerprint density at radius 2 is 1.89 bits per heavy atom. The van der Waals surface area contributed by atoms with Crippen molar-refractivity contribution in [3.63, 3.8) is 0 Å². The summed E-state index contributed by atoms with van der Waals surface area (Å²) < 4.78 is 4.34. The smallest absolute Gasteiger partial charge is 0.187 e. The number of fused-ring (bicyclic) bond motifs is 5. The van der Waals surface area contributed by atoms with Crippen LogP contribution in [0, 0.1) is 6.57 Å². The summed E-state index contributed by atoms with van der Waals surface area (Å²) in [6.45, 7) is 12.2. The number of piperidine rings is 1. The largest absolute Gasteiger partial charge is 0.395 e. The molecule has 1 fully saturated rings. The first kappa shape index (κ1) is 23.5. The summed E-state index contributed by atoms with van der Waals surface area (Å²) in [7, 11) is 2.13. The molecule has 2 aliphatic heterocycles. The number of hydrogen-bond acceptors (Lipinski definition) is 5. The lowest BCUT2D eigenvalue weighted by Gasteiger charge is -2.40. The maximum absolute atomic E-state index is 9.54. The molecule has 2 aromatic heterocycles. The van der Waals surface area contributed by atoms with Crippen molar-refractivity contribution in [3.05, 3.63) is 78.0 Å². The topological polar surface area (TPSA) is 66.7 Å². The van der Waals surface area contributed by atoms with Crippen LogP contribution in [0.15, 0.2) is 61.1 Å². The van der Waals surface area contributed by atoms with E-state index < -0.39 is 0 Å². The molecular weight excluding hydrogens is 462 g/mol. The lowest BCUT2D eigenvalue weighted by Crippen LogP contribution is -2.47. The highest BCUT2D eigenvalue weighted by atomic mass is 16.3. The molecule has 1 atom stereocenters. The van der Waals surface area contributed by atoms with Crippen LogP contribution in [0.4, 0.5) is 11.4 Å². The molecule has 0 amide bonds. The zero-order valence-corrected chi connectivity index (χ0v) is 21.2. The number of anilines is 1. The zero-order valence-electron chi connectivity index (χ0n) is 21.2. The Balaban J connectivity index is 1.29. The van der Waals surface area contributed by atoms with Crippen LogP contribution < -0.4 is 4.90 Å². The van der Waals surface area contributed by atoms with Crippen LogP contribution in [0.3, 0.4) is 0 Å². The van der Waals surface area contributed by atoms with E-state index in [2.05, 4.69) is 78.4 Å². The van der Waals surface area contributed by atoms with E-state index in [0.29, 0.717) is 11.7 Å². The van der Waals surface area contributed by atoms with Gasteiger partial charge in [0.05, 0.1) is 24.6 Å². The molecule has 2 aromatic carbocycles. The molecule has 0 unspecified atom stereocenters. The Bertz CT molecular complexity index is 1450. The average Bonchev–Trinajstić information content (AvgIpc) is 3.57. The molecule has 37 heavy (non-hydrogen) atoms. The number of benzene rings is 2. The first-order valence-corrected chi connectivity index (χ1v) is 12.8. The van der Waals surface area contributed by atoms with Gasteiger partial charge in [0, 0.05) is 49.2 Å². The Hall–Kier alpha value is -3.93. The first-order chi connectivity index (χ1) is 18.1. The Morgan fingerprint density at radius 3 is 2.62 bits per heavy atom. The molecule has 1 saturated heterocycles.